The third kappa shape index (κ3) is 2.28. The van der Waals surface area contributed by atoms with E-state index in [1.165, 1.54) is 12.5 Å². The van der Waals surface area contributed by atoms with Crippen molar-refractivity contribution in [1.29, 1.82) is 5.26 Å². The predicted molar refractivity (Wildman–Crippen MR) is 83.7 cm³/mol. The molecule has 6 heteroatoms. The molecule has 1 N–H and O–H groups in total. The quantitative estimate of drug-likeness (QED) is 0.916. The summed E-state index contributed by atoms with van der Waals surface area (Å²) in [6, 6.07) is 4.23. The van der Waals surface area contributed by atoms with Gasteiger partial charge in [0.05, 0.1) is 11.8 Å². The fraction of sp³-hybridized carbons (Fsp3) is 0.471. The Morgan fingerprint density at radius 3 is 2.96 bits per heavy atom. The number of fused-ring (bicyclic) bond motifs is 4. The second-order valence-electron chi connectivity index (χ2n) is 6.44. The molecule has 0 unspecified atom stereocenters. The molecule has 5 heterocycles. The van der Waals surface area contributed by atoms with E-state index in [9.17, 15) is 4.79 Å². The largest absolute Gasteiger partial charge is 0.461 e. The Morgan fingerprint density at radius 2 is 2.26 bits per heavy atom. The summed E-state index contributed by atoms with van der Waals surface area (Å²) >= 11 is 0. The van der Waals surface area contributed by atoms with Crippen molar-refractivity contribution >= 4 is 16.9 Å². The Hall–Kier alpha value is -2.39. The Balaban J connectivity index is 1.58. The van der Waals surface area contributed by atoms with Crippen LogP contribution in [0, 0.1) is 17.2 Å². The van der Waals surface area contributed by atoms with Crippen molar-refractivity contribution in [3.05, 3.63) is 29.8 Å². The summed E-state index contributed by atoms with van der Waals surface area (Å²) in [4.78, 5) is 19.2. The molecule has 0 saturated carbocycles. The Morgan fingerprint density at radius 1 is 1.48 bits per heavy atom. The van der Waals surface area contributed by atoms with Crippen LogP contribution in [0.2, 0.25) is 0 Å². The third-order valence-electron chi connectivity index (χ3n) is 5.29. The number of aromatic nitrogens is 1. The van der Waals surface area contributed by atoms with Crippen molar-refractivity contribution in [3.63, 3.8) is 0 Å². The van der Waals surface area contributed by atoms with E-state index in [-0.39, 0.29) is 11.9 Å². The van der Waals surface area contributed by atoms with Crippen LogP contribution in [-0.4, -0.2) is 41.0 Å². The number of rotatable bonds is 2. The predicted octanol–water partition coefficient (Wildman–Crippen LogP) is 1.91. The number of amides is 1. The molecule has 23 heavy (non-hydrogen) atoms. The minimum atomic E-state index is -0.178. The van der Waals surface area contributed by atoms with Crippen LogP contribution in [0.4, 0.5) is 0 Å². The highest BCUT2D eigenvalue weighted by atomic mass is 16.3. The zero-order valence-corrected chi connectivity index (χ0v) is 13.0. The van der Waals surface area contributed by atoms with Crippen molar-refractivity contribution in [3.8, 4) is 6.07 Å². The maximum atomic E-state index is 12.6. The summed E-state index contributed by atoms with van der Waals surface area (Å²) in [5.74, 6) is 0.369. The standard InChI is InChI=1S/C17H18N4O2/c1-10-16(11-2-4-21(10)5-3-11)20-17(22)14-6-13-12(7-18)9-23-15(13)8-19-14/h6,8-11,16H,2-5H2,1H3,(H,20,22)/t10-,16-/m0/s1. The molecular weight excluding hydrogens is 292 g/mol. The van der Waals surface area contributed by atoms with E-state index >= 15 is 0 Å². The smallest absolute Gasteiger partial charge is 0.270 e. The molecule has 0 spiro atoms. The lowest BCUT2D eigenvalue weighted by Gasteiger charge is -2.49. The van der Waals surface area contributed by atoms with Gasteiger partial charge < -0.3 is 9.73 Å². The number of piperidine rings is 3. The van der Waals surface area contributed by atoms with E-state index in [2.05, 4.69) is 28.2 Å². The third-order valence-corrected chi connectivity index (χ3v) is 5.29. The van der Waals surface area contributed by atoms with Gasteiger partial charge in [-0.05, 0) is 44.8 Å². The molecule has 2 atom stereocenters. The minimum Gasteiger partial charge on any atom is -0.461 e. The normalized spacial score (nSPS) is 29.4. The number of nitriles is 1. The van der Waals surface area contributed by atoms with Crippen LogP contribution in [0.1, 0.15) is 35.8 Å². The summed E-state index contributed by atoms with van der Waals surface area (Å²) in [7, 11) is 0. The number of carbonyl (C=O) groups excluding carboxylic acids is 1. The molecule has 3 aliphatic heterocycles. The van der Waals surface area contributed by atoms with Gasteiger partial charge in [0, 0.05) is 17.5 Å². The van der Waals surface area contributed by atoms with Gasteiger partial charge in [0.15, 0.2) is 5.58 Å². The number of pyridine rings is 1. The molecule has 2 bridgehead atoms. The molecule has 5 rings (SSSR count). The van der Waals surface area contributed by atoms with E-state index in [4.69, 9.17) is 9.68 Å². The number of carbonyl (C=O) groups is 1. The Labute approximate surface area is 134 Å². The topological polar surface area (TPSA) is 82.2 Å². The molecular formula is C17H18N4O2. The first-order valence-electron chi connectivity index (χ1n) is 7.99. The van der Waals surface area contributed by atoms with Gasteiger partial charge in [0.1, 0.15) is 18.0 Å². The summed E-state index contributed by atoms with van der Waals surface area (Å²) in [6.45, 7) is 4.43. The van der Waals surface area contributed by atoms with E-state index in [0.717, 1.165) is 25.9 Å². The first kappa shape index (κ1) is 14.2. The molecule has 0 aromatic carbocycles. The highest BCUT2D eigenvalue weighted by Gasteiger charge is 2.40. The Kier molecular flexibility index (Phi) is 3.31. The molecule has 118 valence electrons. The van der Waals surface area contributed by atoms with E-state index in [1.807, 2.05) is 0 Å². The second-order valence-corrected chi connectivity index (χ2v) is 6.44. The van der Waals surface area contributed by atoms with Crippen LogP contribution < -0.4 is 5.32 Å². The molecule has 3 aliphatic rings. The monoisotopic (exact) mass is 310 g/mol. The summed E-state index contributed by atoms with van der Waals surface area (Å²) in [5.41, 5.74) is 1.28. The van der Waals surface area contributed by atoms with Crippen LogP contribution in [0.5, 0.6) is 0 Å². The van der Waals surface area contributed by atoms with Gasteiger partial charge in [0.25, 0.3) is 5.91 Å². The van der Waals surface area contributed by atoms with E-state index in [0.29, 0.717) is 34.2 Å². The number of hydrogen-bond donors (Lipinski definition) is 1. The lowest BCUT2D eigenvalue weighted by atomic mass is 9.79. The summed E-state index contributed by atoms with van der Waals surface area (Å²) < 4.78 is 5.26. The van der Waals surface area contributed by atoms with Gasteiger partial charge >= 0.3 is 0 Å². The van der Waals surface area contributed by atoms with Crippen LogP contribution in [0.3, 0.4) is 0 Å². The van der Waals surface area contributed by atoms with Crippen molar-refractivity contribution in [2.45, 2.75) is 31.8 Å². The second kappa shape index (κ2) is 5.36. The highest BCUT2D eigenvalue weighted by molar-refractivity contribution is 5.96. The van der Waals surface area contributed by atoms with Gasteiger partial charge in [-0.15, -0.1) is 0 Å². The molecule has 0 aliphatic carbocycles. The van der Waals surface area contributed by atoms with Crippen molar-refractivity contribution in [2.24, 2.45) is 5.92 Å². The Bertz CT molecular complexity index is 797. The lowest BCUT2D eigenvalue weighted by Crippen LogP contribution is -2.62. The maximum Gasteiger partial charge on any atom is 0.270 e. The molecule has 6 nitrogen and oxygen atoms in total. The van der Waals surface area contributed by atoms with Gasteiger partial charge in [-0.3, -0.25) is 9.69 Å². The molecule has 3 saturated heterocycles. The summed E-state index contributed by atoms with van der Waals surface area (Å²) in [5, 5.41) is 12.9. The number of nitrogens with one attached hydrogen (secondary N) is 1. The average molecular weight is 310 g/mol. The SMILES string of the molecule is C[C@H]1[C@H](NC(=O)c2cc3c(C#N)coc3cn2)C2CCN1CC2. The van der Waals surface area contributed by atoms with Crippen molar-refractivity contribution < 1.29 is 9.21 Å². The van der Waals surface area contributed by atoms with Gasteiger partial charge in [-0.1, -0.05) is 0 Å². The molecule has 2 aromatic heterocycles. The van der Waals surface area contributed by atoms with E-state index < -0.39 is 0 Å². The van der Waals surface area contributed by atoms with Crippen LogP contribution in [0.25, 0.3) is 11.0 Å². The van der Waals surface area contributed by atoms with Gasteiger partial charge in [-0.2, -0.15) is 5.26 Å². The van der Waals surface area contributed by atoms with Crippen LogP contribution in [0.15, 0.2) is 22.9 Å². The van der Waals surface area contributed by atoms with Crippen molar-refractivity contribution in [1.82, 2.24) is 15.2 Å². The van der Waals surface area contributed by atoms with E-state index in [1.54, 1.807) is 6.07 Å². The zero-order chi connectivity index (χ0) is 16.0. The minimum absolute atomic E-state index is 0.169. The number of nitrogens with zero attached hydrogens (tertiary/aromatic N) is 3. The van der Waals surface area contributed by atoms with Gasteiger partial charge in [0.2, 0.25) is 0 Å². The molecule has 1 amide bonds. The highest BCUT2D eigenvalue weighted by Crippen LogP contribution is 2.32. The molecule has 0 radical (unpaired) electrons. The van der Waals surface area contributed by atoms with Crippen LogP contribution >= 0.6 is 0 Å². The van der Waals surface area contributed by atoms with Crippen molar-refractivity contribution in [2.75, 3.05) is 13.1 Å². The fourth-order valence-corrected chi connectivity index (χ4v) is 3.91. The maximum absolute atomic E-state index is 12.6. The number of hydrogen-bond acceptors (Lipinski definition) is 5. The first-order chi connectivity index (χ1) is 11.2. The zero-order valence-electron chi connectivity index (χ0n) is 13.0. The molecule has 2 aromatic rings. The number of furan rings is 1. The van der Waals surface area contributed by atoms with Crippen LogP contribution in [-0.2, 0) is 0 Å². The molecule has 3 fully saturated rings. The average Bonchev–Trinajstić information content (AvgIpc) is 3.00. The fourth-order valence-electron chi connectivity index (χ4n) is 3.91. The summed E-state index contributed by atoms with van der Waals surface area (Å²) in [6.07, 6.45) is 5.18. The lowest BCUT2D eigenvalue weighted by molar-refractivity contribution is 0.0216. The first-order valence-corrected chi connectivity index (χ1v) is 7.99. The van der Waals surface area contributed by atoms with Gasteiger partial charge in [-0.25, -0.2) is 4.98 Å².